The monoisotopic (exact) mass is 209 g/mol. The van der Waals surface area contributed by atoms with Gasteiger partial charge in [-0.05, 0) is 12.8 Å². The Balaban J connectivity index is 1.90. The maximum Gasteiger partial charge on any atom is 0.138 e. The fourth-order valence-corrected chi connectivity index (χ4v) is 2.37. The Morgan fingerprint density at radius 1 is 1.33 bits per heavy atom. The number of aliphatic hydroxyl groups excluding tert-OH is 1. The molecule has 2 aliphatic rings. The SMILES string of the molecule is OC1CCn2c(nnc2C2CCOC2)C1. The summed E-state index contributed by atoms with van der Waals surface area (Å²) >= 11 is 0. The number of aromatic nitrogens is 3. The number of fused-ring (bicyclic) bond motifs is 1. The van der Waals surface area contributed by atoms with Gasteiger partial charge >= 0.3 is 0 Å². The Morgan fingerprint density at radius 3 is 3.07 bits per heavy atom. The molecule has 1 aromatic rings. The van der Waals surface area contributed by atoms with Crippen LogP contribution in [0.25, 0.3) is 0 Å². The van der Waals surface area contributed by atoms with E-state index >= 15 is 0 Å². The van der Waals surface area contributed by atoms with Gasteiger partial charge in [0.25, 0.3) is 0 Å². The van der Waals surface area contributed by atoms with E-state index in [1.54, 1.807) is 0 Å². The van der Waals surface area contributed by atoms with Crippen molar-refractivity contribution in [1.82, 2.24) is 14.8 Å². The van der Waals surface area contributed by atoms with Crippen LogP contribution in [-0.4, -0.2) is 39.2 Å². The average molecular weight is 209 g/mol. The third-order valence-electron chi connectivity index (χ3n) is 3.25. The Kier molecular flexibility index (Phi) is 2.21. The lowest BCUT2D eigenvalue weighted by atomic mass is 10.1. The molecule has 0 spiro atoms. The first-order valence-electron chi connectivity index (χ1n) is 5.52. The molecule has 1 N–H and O–H groups in total. The molecule has 0 amide bonds. The maximum atomic E-state index is 9.52. The van der Waals surface area contributed by atoms with Crippen molar-refractivity contribution < 1.29 is 9.84 Å². The largest absolute Gasteiger partial charge is 0.393 e. The summed E-state index contributed by atoms with van der Waals surface area (Å²) in [6.07, 6.45) is 2.25. The van der Waals surface area contributed by atoms with E-state index in [-0.39, 0.29) is 6.10 Å². The Hall–Kier alpha value is -0.940. The highest BCUT2D eigenvalue weighted by atomic mass is 16.5. The Bertz CT molecular complexity index is 358. The molecule has 2 atom stereocenters. The molecule has 5 nitrogen and oxygen atoms in total. The van der Waals surface area contributed by atoms with Crippen molar-refractivity contribution in [3.8, 4) is 0 Å². The normalized spacial score (nSPS) is 30.5. The van der Waals surface area contributed by atoms with E-state index in [0.29, 0.717) is 12.3 Å². The molecule has 15 heavy (non-hydrogen) atoms. The van der Waals surface area contributed by atoms with Crippen LogP contribution in [0.4, 0.5) is 0 Å². The van der Waals surface area contributed by atoms with Gasteiger partial charge in [0.1, 0.15) is 11.6 Å². The summed E-state index contributed by atoms with van der Waals surface area (Å²) in [5.41, 5.74) is 0. The van der Waals surface area contributed by atoms with Crippen LogP contribution in [0.15, 0.2) is 0 Å². The lowest BCUT2D eigenvalue weighted by Crippen LogP contribution is -2.25. The summed E-state index contributed by atoms with van der Waals surface area (Å²) < 4.78 is 7.52. The molecule has 1 fully saturated rings. The van der Waals surface area contributed by atoms with Crippen molar-refractivity contribution in [3.63, 3.8) is 0 Å². The Labute approximate surface area is 88.1 Å². The summed E-state index contributed by atoms with van der Waals surface area (Å²) in [6.45, 7) is 2.44. The molecule has 2 aliphatic heterocycles. The van der Waals surface area contributed by atoms with Crippen LogP contribution < -0.4 is 0 Å². The van der Waals surface area contributed by atoms with Gasteiger partial charge in [0.2, 0.25) is 0 Å². The standard InChI is InChI=1S/C10H15N3O2/c14-8-1-3-13-9(5-8)11-12-10(13)7-2-4-15-6-7/h7-8,14H,1-6H2. The topological polar surface area (TPSA) is 60.2 Å². The number of hydrogen-bond donors (Lipinski definition) is 1. The lowest BCUT2D eigenvalue weighted by Gasteiger charge is -2.20. The first kappa shape index (κ1) is 9.30. The van der Waals surface area contributed by atoms with E-state index in [2.05, 4.69) is 14.8 Å². The predicted octanol–water partition coefficient (Wildman–Crippen LogP) is 0.0891. The molecule has 3 rings (SSSR count). The number of ether oxygens (including phenoxy) is 1. The van der Waals surface area contributed by atoms with Crippen molar-refractivity contribution in [3.05, 3.63) is 11.6 Å². The van der Waals surface area contributed by atoms with Gasteiger partial charge in [-0.1, -0.05) is 0 Å². The minimum atomic E-state index is -0.241. The van der Waals surface area contributed by atoms with E-state index in [0.717, 1.165) is 44.2 Å². The summed E-state index contributed by atoms with van der Waals surface area (Å²) in [4.78, 5) is 0. The minimum Gasteiger partial charge on any atom is -0.393 e. The molecule has 1 aromatic heterocycles. The van der Waals surface area contributed by atoms with Gasteiger partial charge in [0.05, 0.1) is 12.7 Å². The van der Waals surface area contributed by atoms with Gasteiger partial charge in [0, 0.05) is 25.5 Å². The van der Waals surface area contributed by atoms with Crippen LogP contribution >= 0.6 is 0 Å². The van der Waals surface area contributed by atoms with Gasteiger partial charge in [-0.15, -0.1) is 10.2 Å². The molecule has 2 unspecified atom stereocenters. The average Bonchev–Trinajstić information content (AvgIpc) is 2.82. The third kappa shape index (κ3) is 1.55. The molecule has 0 bridgehead atoms. The second kappa shape index (κ2) is 3.57. The molecule has 0 saturated carbocycles. The number of rotatable bonds is 1. The van der Waals surface area contributed by atoms with Crippen LogP contribution in [0.3, 0.4) is 0 Å². The van der Waals surface area contributed by atoms with E-state index in [4.69, 9.17) is 4.74 Å². The van der Waals surface area contributed by atoms with Crippen molar-refractivity contribution in [2.24, 2.45) is 0 Å². The maximum absolute atomic E-state index is 9.52. The van der Waals surface area contributed by atoms with Crippen molar-refractivity contribution in [2.45, 2.75) is 37.8 Å². The highest BCUT2D eigenvalue weighted by molar-refractivity contribution is 5.06. The van der Waals surface area contributed by atoms with E-state index < -0.39 is 0 Å². The first-order valence-corrected chi connectivity index (χ1v) is 5.52. The van der Waals surface area contributed by atoms with Gasteiger partial charge in [-0.25, -0.2) is 0 Å². The van der Waals surface area contributed by atoms with Crippen LogP contribution in [0.2, 0.25) is 0 Å². The molecule has 3 heterocycles. The number of hydrogen-bond acceptors (Lipinski definition) is 4. The van der Waals surface area contributed by atoms with Crippen molar-refractivity contribution in [2.75, 3.05) is 13.2 Å². The fraction of sp³-hybridized carbons (Fsp3) is 0.800. The van der Waals surface area contributed by atoms with Crippen LogP contribution in [0.5, 0.6) is 0 Å². The highest BCUT2D eigenvalue weighted by Crippen LogP contribution is 2.26. The van der Waals surface area contributed by atoms with Crippen LogP contribution in [-0.2, 0) is 17.7 Å². The molecular weight excluding hydrogens is 194 g/mol. The fourth-order valence-electron chi connectivity index (χ4n) is 2.37. The van der Waals surface area contributed by atoms with Crippen LogP contribution in [0, 0.1) is 0 Å². The van der Waals surface area contributed by atoms with E-state index in [9.17, 15) is 5.11 Å². The van der Waals surface area contributed by atoms with Gasteiger partial charge in [0.15, 0.2) is 0 Å². The number of nitrogens with zero attached hydrogens (tertiary/aromatic N) is 3. The minimum absolute atomic E-state index is 0.241. The van der Waals surface area contributed by atoms with Crippen molar-refractivity contribution >= 4 is 0 Å². The zero-order valence-corrected chi connectivity index (χ0v) is 8.59. The molecule has 1 saturated heterocycles. The number of aliphatic hydroxyl groups is 1. The molecule has 82 valence electrons. The molecule has 0 radical (unpaired) electrons. The van der Waals surface area contributed by atoms with E-state index in [1.807, 2.05) is 0 Å². The second-order valence-corrected chi connectivity index (χ2v) is 4.33. The quantitative estimate of drug-likeness (QED) is 0.712. The third-order valence-corrected chi connectivity index (χ3v) is 3.25. The van der Waals surface area contributed by atoms with Gasteiger partial charge in [-0.3, -0.25) is 0 Å². The summed E-state index contributed by atoms with van der Waals surface area (Å²) in [5, 5.41) is 17.9. The van der Waals surface area contributed by atoms with Gasteiger partial charge < -0.3 is 14.4 Å². The summed E-state index contributed by atoms with van der Waals surface area (Å²) in [5.74, 6) is 2.38. The lowest BCUT2D eigenvalue weighted by molar-refractivity contribution is 0.140. The van der Waals surface area contributed by atoms with E-state index in [1.165, 1.54) is 0 Å². The smallest absolute Gasteiger partial charge is 0.138 e. The molecule has 5 heteroatoms. The van der Waals surface area contributed by atoms with Gasteiger partial charge in [-0.2, -0.15) is 0 Å². The summed E-state index contributed by atoms with van der Waals surface area (Å²) in [7, 11) is 0. The molecule has 0 aliphatic carbocycles. The zero-order valence-electron chi connectivity index (χ0n) is 8.59. The summed E-state index contributed by atoms with van der Waals surface area (Å²) in [6, 6.07) is 0. The molecule has 0 aromatic carbocycles. The first-order chi connectivity index (χ1) is 7.34. The highest BCUT2D eigenvalue weighted by Gasteiger charge is 2.27. The predicted molar refractivity (Wildman–Crippen MR) is 52.5 cm³/mol. The zero-order chi connectivity index (χ0) is 10.3. The second-order valence-electron chi connectivity index (χ2n) is 4.33. The van der Waals surface area contributed by atoms with Crippen molar-refractivity contribution in [1.29, 1.82) is 0 Å². The van der Waals surface area contributed by atoms with Crippen LogP contribution in [0.1, 0.15) is 30.4 Å². The Morgan fingerprint density at radius 2 is 2.27 bits per heavy atom. The molecular formula is C10H15N3O2.